The van der Waals surface area contributed by atoms with E-state index in [0.29, 0.717) is 0 Å². The number of nitro groups is 2. The van der Waals surface area contributed by atoms with Gasteiger partial charge in [-0.05, 0) is 22.0 Å². The van der Waals surface area contributed by atoms with E-state index < -0.39 is 9.85 Å². The molecule has 0 aliphatic carbocycles. The zero-order valence-corrected chi connectivity index (χ0v) is 7.99. The van der Waals surface area contributed by atoms with Gasteiger partial charge in [0.25, 0.3) is 0 Å². The molecule has 0 saturated heterocycles. The molecule has 2 aromatic heterocycles. The molecule has 0 bridgehead atoms. The van der Waals surface area contributed by atoms with Gasteiger partial charge in [-0.25, -0.2) is 9.97 Å². The summed E-state index contributed by atoms with van der Waals surface area (Å²) in [7, 11) is 0. The second kappa shape index (κ2) is 5.29. The second-order valence-corrected chi connectivity index (χ2v) is 2.62. The summed E-state index contributed by atoms with van der Waals surface area (Å²) in [6.45, 7) is 0. The van der Waals surface area contributed by atoms with E-state index in [-0.39, 0.29) is 11.6 Å². The predicted molar refractivity (Wildman–Crippen MR) is 54.9 cm³/mol. The van der Waals surface area contributed by atoms with E-state index in [9.17, 15) is 20.2 Å². The van der Waals surface area contributed by atoms with Crippen molar-refractivity contribution >= 4 is 11.6 Å². The monoisotopic (exact) mass is 224 g/mol. The summed E-state index contributed by atoms with van der Waals surface area (Å²) in [5, 5.41) is 19.7. The third-order valence-corrected chi connectivity index (χ3v) is 1.56. The van der Waals surface area contributed by atoms with Gasteiger partial charge in [0.05, 0.1) is 12.4 Å². The van der Waals surface area contributed by atoms with Crippen molar-refractivity contribution in [3.8, 4) is 0 Å². The Bertz CT molecular complexity index is 404. The van der Waals surface area contributed by atoms with E-state index in [4.69, 9.17) is 0 Å². The molecule has 0 amide bonds. The fourth-order valence-corrected chi connectivity index (χ4v) is 0.869. The first-order chi connectivity index (χ1) is 7.61. The van der Waals surface area contributed by atoms with Crippen LogP contribution in [0.1, 0.15) is 0 Å². The molecule has 2 heterocycles. The number of aromatic nitrogens is 2. The molecule has 8 nitrogen and oxygen atoms in total. The molecular weight excluding hydrogens is 216 g/mol. The summed E-state index contributed by atoms with van der Waals surface area (Å²) in [4.78, 5) is 23.6. The molecule has 84 valence electrons. The van der Waals surface area contributed by atoms with E-state index >= 15 is 0 Å². The first kappa shape index (κ1) is 11.4. The van der Waals surface area contributed by atoms with Gasteiger partial charge in [0.2, 0.25) is 0 Å². The van der Waals surface area contributed by atoms with Crippen LogP contribution in [0.4, 0.5) is 11.6 Å². The molecule has 8 heteroatoms. The van der Waals surface area contributed by atoms with E-state index in [0.717, 1.165) is 0 Å². The molecule has 0 spiro atoms. The largest absolute Gasteiger partial charge is 0.358 e. The summed E-state index contributed by atoms with van der Waals surface area (Å²) in [5.41, 5.74) is 0. The highest BCUT2D eigenvalue weighted by Crippen LogP contribution is 2.03. The fourth-order valence-electron chi connectivity index (χ4n) is 0.869. The number of hydrogen-bond acceptors (Lipinski definition) is 4. The van der Waals surface area contributed by atoms with E-state index in [1.165, 1.54) is 24.5 Å². The SMILES string of the molecule is O=[N+]([O-])c1ccc[nH]1.O=[N+]([O-])c1ccc[nH]1. The highest BCUT2D eigenvalue weighted by molar-refractivity contribution is 5.17. The Labute approximate surface area is 89.2 Å². The van der Waals surface area contributed by atoms with Crippen LogP contribution in [0.5, 0.6) is 0 Å². The van der Waals surface area contributed by atoms with Crippen LogP contribution in [0, 0.1) is 20.2 Å². The third-order valence-electron chi connectivity index (χ3n) is 1.56. The number of nitrogens with zero attached hydrogens (tertiary/aromatic N) is 2. The smallest absolute Gasteiger partial charge is 0.320 e. The van der Waals surface area contributed by atoms with E-state index in [1.807, 2.05) is 0 Å². The molecule has 2 aromatic rings. The van der Waals surface area contributed by atoms with Gasteiger partial charge >= 0.3 is 11.6 Å². The molecule has 0 aromatic carbocycles. The maximum absolute atomic E-state index is 9.84. The Kier molecular flexibility index (Phi) is 3.78. The summed E-state index contributed by atoms with van der Waals surface area (Å²) in [6.07, 6.45) is 3.02. The molecule has 2 rings (SSSR count). The molecule has 2 N–H and O–H groups in total. The lowest BCUT2D eigenvalue weighted by Crippen LogP contribution is -1.85. The summed E-state index contributed by atoms with van der Waals surface area (Å²) in [6, 6.07) is 5.97. The van der Waals surface area contributed by atoms with E-state index in [2.05, 4.69) is 9.97 Å². The fraction of sp³-hybridized carbons (Fsp3) is 0. The Balaban J connectivity index is 0.000000160. The molecule has 0 fully saturated rings. The van der Waals surface area contributed by atoms with Crippen molar-refractivity contribution in [2.45, 2.75) is 0 Å². The standard InChI is InChI=1S/2C4H4N2O2/c2*7-6(8)4-2-1-3-5-4/h2*1-3,5H. The highest BCUT2D eigenvalue weighted by Gasteiger charge is 1.98. The van der Waals surface area contributed by atoms with Crippen LogP contribution in [0.15, 0.2) is 36.7 Å². The van der Waals surface area contributed by atoms with Gasteiger partial charge in [-0.1, -0.05) is 0 Å². The molecule has 0 radical (unpaired) electrons. The van der Waals surface area contributed by atoms with Crippen molar-refractivity contribution in [1.29, 1.82) is 0 Å². The minimum Gasteiger partial charge on any atom is -0.358 e. The van der Waals surface area contributed by atoms with Crippen LogP contribution in [-0.4, -0.2) is 19.8 Å². The maximum atomic E-state index is 9.84. The average Bonchev–Trinajstić information content (AvgIpc) is 2.93. The molecule has 0 aliphatic heterocycles. The molecular formula is C8H8N4O4. The molecule has 16 heavy (non-hydrogen) atoms. The number of H-pyrrole nitrogens is 2. The second-order valence-electron chi connectivity index (χ2n) is 2.62. The predicted octanol–water partition coefficient (Wildman–Crippen LogP) is 1.85. The van der Waals surface area contributed by atoms with Crippen LogP contribution in [0.2, 0.25) is 0 Å². The van der Waals surface area contributed by atoms with Crippen molar-refractivity contribution in [2.75, 3.05) is 0 Å². The summed E-state index contributed by atoms with van der Waals surface area (Å²) >= 11 is 0. The van der Waals surface area contributed by atoms with Gasteiger partial charge in [0, 0.05) is 12.1 Å². The lowest BCUT2D eigenvalue weighted by Gasteiger charge is -1.84. The quantitative estimate of drug-likeness (QED) is 0.597. The van der Waals surface area contributed by atoms with Gasteiger partial charge in [0.1, 0.15) is 0 Å². The van der Waals surface area contributed by atoms with Crippen molar-refractivity contribution in [2.24, 2.45) is 0 Å². The van der Waals surface area contributed by atoms with Gasteiger partial charge in [-0.3, -0.25) is 0 Å². The Morgan fingerprint density at radius 1 is 0.875 bits per heavy atom. The third kappa shape index (κ3) is 3.25. The Morgan fingerprint density at radius 2 is 1.25 bits per heavy atom. The molecule has 0 unspecified atom stereocenters. The van der Waals surface area contributed by atoms with Crippen LogP contribution in [-0.2, 0) is 0 Å². The Hall–Kier alpha value is -2.64. The molecule has 0 saturated carbocycles. The van der Waals surface area contributed by atoms with Crippen molar-refractivity contribution in [3.63, 3.8) is 0 Å². The normalized spacial score (nSPS) is 9.00. The lowest BCUT2D eigenvalue weighted by molar-refractivity contribution is -0.389. The van der Waals surface area contributed by atoms with Crippen molar-refractivity contribution in [1.82, 2.24) is 9.97 Å². The minimum absolute atomic E-state index is 0.0324. The minimum atomic E-state index is -0.472. The maximum Gasteiger partial charge on any atom is 0.320 e. The van der Waals surface area contributed by atoms with Gasteiger partial charge < -0.3 is 20.2 Å². The van der Waals surface area contributed by atoms with Crippen LogP contribution >= 0.6 is 0 Å². The topological polar surface area (TPSA) is 118 Å². The van der Waals surface area contributed by atoms with Crippen LogP contribution < -0.4 is 0 Å². The van der Waals surface area contributed by atoms with Crippen LogP contribution in [0.25, 0.3) is 0 Å². The average molecular weight is 224 g/mol. The van der Waals surface area contributed by atoms with Crippen molar-refractivity contribution in [3.05, 3.63) is 56.9 Å². The summed E-state index contributed by atoms with van der Waals surface area (Å²) < 4.78 is 0. The van der Waals surface area contributed by atoms with Crippen molar-refractivity contribution < 1.29 is 9.85 Å². The molecule has 0 aliphatic rings. The first-order valence-corrected chi connectivity index (χ1v) is 4.17. The first-order valence-electron chi connectivity index (χ1n) is 4.17. The van der Waals surface area contributed by atoms with Gasteiger partial charge in [-0.15, -0.1) is 0 Å². The van der Waals surface area contributed by atoms with Gasteiger partial charge in [-0.2, -0.15) is 0 Å². The zero-order chi connectivity index (χ0) is 12.0. The van der Waals surface area contributed by atoms with E-state index in [1.54, 1.807) is 12.1 Å². The van der Waals surface area contributed by atoms with Gasteiger partial charge in [0.15, 0.2) is 0 Å². The Morgan fingerprint density at radius 3 is 1.38 bits per heavy atom. The lowest BCUT2D eigenvalue weighted by atomic mass is 10.6. The highest BCUT2D eigenvalue weighted by atomic mass is 16.6. The molecule has 0 atom stereocenters. The number of aromatic amines is 2. The number of hydrogen-bond donors (Lipinski definition) is 2. The van der Waals surface area contributed by atoms with Crippen LogP contribution in [0.3, 0.4) is 0 Å². The summed E-state index contributed by atoms with van der Waals surface area (Å²) in [5.74, 6) is 0.0648. The number of rotatable bonds is 2. The zero-order valence-electron chi connectivity index (χ0n) is 7.99. The number of nitrogens with one attached hydrogen (secondary N) is 2.